The van der Waals surface area contributed by atoms with Crippen LogP contribution in [0.1, 0.15) is 25.6 Å². The quantitative estimate of drug-likeness (QED) is 0.648. The molecule has 1 N–H and O–H groups in total. The zero-order valence-corrected chi connectivity index (χ0v) is 12.9. The average molecular weight is 292 g/mol. The minimum absolute atomic E-state index is 0.348. The molecular formula is C14H24N6O. The number of hydrogen-bond acceptors (Lipinski definition) is 4. The smallest absolute Gasteiger partial charge is 0.194 e. The molecule has 0 aliphatic carbocycles. The first-order valence-electron chi connectivity index (χ1n) is 7.66. The lowest BCUT2D eigenvalue weighted by molar-refractivity contribution is 0.156. The minimum Gasteiger partial charge on any atom is -0.381 e. The van der Waals surface area contributed by atoms with Gasteiger partial charge in [-0.1, -0.05) is 0 Å². The summed E-state index contributed by atoms with van der Waals surface area (Å²) < 4.78 is 7.62. The van der Waals surface area contributed by atoms with E-state index in [1.165, 1.54) is 12.8 Å². The van der Waals surface area contributed by atoms with Crippen molar-refractivity contribution >= 4 is 5.96 Å². The van der Waals surface area contributed by atoms with Gasteiger partial charge in [-0.2, -0.15) is 0 Å². The van der Waals surface area contributed by atoms with E-state index in [9.17, 15) is 0 Å². The van der Waals surface area contributed by atoms with Crippen LogP contribution in [-0.2, 0) is 17.8 Å². The molecule has 7 nitrogen and oxygen atoms in total. The number of likely N-dealkylation sites (tertiary alicyclic amines) is 1. The first-order chi connectivity index (χ1) is 10.3. The van der Waals surface area contributed by atoms with E-state index in [1.807, 2.05) is 11.6 Å². The van der Waals surface area contributed by atoms with Gasteiger partial charge in [-0.05, 0) is 19.8 Å². The minimum atomic E-state index is 0.348. The molecule has 21 heavy (non-hydrogen) atoms. The van der Waals surface area contributed by atoms with Crippen LogP contribution in [0.2, 0.25) is 0 Å². The Morgan fingerprint density at radius 1 is 1.52 bits per heavy atom. The van der Waals surface area contributed by atoms with E-state index >= 15 is 0 Å². The Morgan fingerprint density at radius 2 is 2.43 bits per heavy atom. The fourth-order valence-electron chi connectivity index (χ4n) is 3.26. The molecule has 0 aromatic carbocycles. The van der Waals surface area contributed by atoms with Crippen molar-refractivity contribution in [3.05, 3.63) is 12.2 Å². The van der Waals surface area contributed by atoms with Gasteiger partial charge in [-0.25, -0.2) is 0 Å². The Balaban J connectivity index is 1.59. The van der Waals surface area contributed by atoms with Crippen LogP contribution in [0.3, 0.4) is 0 Å². The van der Waals surface area contributed by atoms with Crippen LogP contribution in [0.15, 0.2) is 11.3 Å². The highest BCUT2D eigenvalue weighted by Crippen LogP contribution is 2.38. The maximum absolute atomic E-state index is 5.58. The maximum Gasteiger partial charge on any atom is 0.194 e. The molecule has 1 spiro atoms. The van der Waals surface area contributed by atoms with Gasteiger partial charge in [0.15, 0.2) is 11.8 Å². The van der Waals surface area contributed by atoms with Crippen molar-refractivity contribution in [2.24, 2.45) is 10.4 Å². The Kier molecular flexibility index (Phi) is 4.10. The summed E-state index contributed by atoms with van der Waals surface area (Å²) >= 11 is 0. The molecule has 2 fully saturated rings. The molecule has 2 aliphatic heterocycles. The maximum atomic E-state index is 5.58. The number of nitrogens with one attached hydrogen (secondary N) is 1. The number of ether oxygens (including phenoxy) is 1. The number of nitrogens with zero attached hydrogens (tertiary/aromatic N) is 5. The fourth-order valence-corrected chi connectivity index (χ4v) is 3.26. The van der Waals surface area contributed by atoms with E-state index in [0.717, 1.165) is 44.6 Å². The summed E-state index contributed by atoms with van der Waals surface area (Å²) in [5.41, 5.74) is 0.348. The fraction of sp³-hybridized carbons (Fsp3) is 0.786. The monoisotopic (exact) mass is 292 g/mol. The van der Waals surface area contributed by atoms with E-state index in [1.54, 1.807) is 6.33 Å². The summed E-state index contributed by atoms with van der Waals surface area (Å²) in [5.74, 6) is 1.89. The first-order valence-corrected chi connectivity index (χ1v) is 7.66. The summed E-state index contributed by atoms with van der Waals surface area (Å²) in [7, 11) is 1.84. The van der Waals surface area contributed by atoms with Gasteiger partial charge >= 0.3 is 0 Å². The molecule has 7 heteroatoms. The number of aliphatic imine (C=N–C) groups is 1. The van der Waals surface area contributed by atoms with Crippen molar-refractivity contribution in [1.82, 2.24) is 25.0 Å². The Bertz CT molecular complexity index is 505. The van der Waals surface area contributed by atoms with Crippen molar-refractivity contribution < 1.29 is 4.74 Å². The van der Waals surface area contributed by atoms with Gasteiger partial charge in [0.25, 0.3) is 0 Å². The van der Waals surface area contributed by atoms with E-state index in [2.05, 4.69) is 32.3 Å². The van der Waals surface area contributed by atoms with Crippen LogP contribution in [0, 0.1) is 5.41 Å². The van der Waals surface area contributed by atoms with Crippen molar-refractivity contribution in [3.8, 4) is 0 Å². The number of rotatable bonds is 3. The Morgan fingerprint density at radius 3 is 3.14 bits per heavy atom. The molecule has 3 rings (SSSR count). The van der Waals surface area contributed by atoms with Crippen LogP contribution in [0.4, 0.5) is 0 Å². The Labute approximate surface area is 125 Å². The number of aromatic nitrogens is 3. The predicted molar refractivity (Wildman–Crippen MR) is 80.0 cm³/mol. The molecule has 2 aliphatic rings. The molecule has 0 radical (unpaired) electrons. The molecule has 1 unspecified atom stereocenters. The molecule has 3 heterocycles. The molecule has 0 saturated carbocycles. The zero-order chi connectivity index (χ0) is 14.7. The van der Waals surface area contributed by atoms with Gasteiger partial charge in [0, 0.05) is 38.7 Å². The summed E-state index contributed by atoms with van der Waals surface area (Å²) in [6.07, 6.45) is 4.13. The van der Waals surface area contributed by atoms with E-state index in [0.29, 0.717) is 12.0 Å². The van der Waals surface area contributed by atoms with Crippen LogP contribution >= 0.6 is 0 Å². The molecule has 1 atom stereocenters. The van der Waals surface area contributed by atoms with Crippen molar-refractivity contribution in [2.75, 3.05) is 33.4 Å². The summed E-state index contributed by atoms with van der Waals surface area (Å²) in [6.45, 7) is 7.50. The highest BCUT2D eigenvalue weighted by atomic mass is 16.5. The molecule has 2 saturated heterocycles. The lowest BCUT2D eigenvalue weighted by Gasteiger charge is -2.24. The average Bonchev–Trinajstić information content (AvgIpc) is 3.23. The van der Waals surface area contributed by atoms with Crippen LogP contribution in [-0.4, -0.2) is 59.0 Å². The summed E-state index contributed by atoms with van der Waals surface area (Å²) in [6, 6.07) is 0. The predicted octanol–water partition coefficient (Wildman–Crippen LogP) is 0.486. The van der Waals surface area contributed by atoms with Crippen molar-refractivity contribution in [1.29, 1.82) is 0 Å². The summed E-state index contributed by atoms with van der Waals surface area (Å²) in [5, 5.41) is 11.5. The molecular weight excluding hydrogens is 268 g/mol. The van der Waals surface area contributed by atoms with Gasteiger partial charge < -0.3 is 19.5 Å². The summed E-state index contributed by atoms with van der Waals surface area (Å²) in [4.78, 5) is 6.75. The first kappa shape index (κ1) is 14.3. The zero-order valence-electron chi connectivity index (χ0n) is 12.9. The van der Waals surface area contributed by atoms with Gasteiger partial charge in [0.2, 0.25) is 0 Å². The molecule has 1 aromatic heterocycles. The molecule has 116 valence electrons. The van der Waals surface area contributed by atoms with Crippen molar-refractivity contribution in [3.63, 3.8) is 0 Å². The second kappa shape index (κ2) is 6.01. The van der Waals surface area contributed by atoms with E-state index < -0.39 is 0 Å². The molecule has 0 bridgehead atoms. The van der Waals surface area contributed by atoms with E-state index in [-0.39, 0.29) is 0 Å². The lowest BCUT2D eigenvalue weighted by Crippen LogP contribution is -2.41. The van der Waals surface area contributed by atoms with Crippen molar-refractivity contribution in [2.45, 2.75) is 32.9 Å². The second-order valence-corrected chi connectivity index (χ2v) is 5.91. The Hall–Kier alpha value is -1.63. The second-order valence-electron chi connectivity index (χ2n) is 5.91. The number of aryl methyl sites for hydroxylation is 1. The van der Waals surface area contributed by atoms with Crippen LogP contribution in [0.25, 0.3) is 0 Å². The topological polar surface area (TPSA) is 67.6 Å². The number of hydrogen-bond donors (Lipinski definition) is 1. The van der Waals surface area contributed by atoms with Gasteiger partial charge in [-0.15, -0.1) is 10.2 Å². The molecule has 1 aromatic rings. The molecule has 0 amide bonds. The third-order valence-corrected chi connectivity index (χ3v) is 4.58. The normalized spacial score (nSPS) is 26.0. The number of guanidine groups is 1. The van der Waals surface area contributed by atoms with Gasteiger partial charge in [0.1, 0.15) is 6.33 Å². The lowest BCUT2D eigenvalue weighted by atomic mass is 9.87. The highest BCUT2D eigenvalue weighted by Gasteiger charge is 2.42. The third kappa shape index (κ3) is 2.88. The third-order valence-electron chi connectivity index (χ3n) is 4.58. The van der Waals surface area contributed by atoms with Gasteiger partial charge in [0.05, 0.1) is 13.2 Å². The van der Waals surface area contributed by atoms with Crippen LogP contribution < -0.4 is 5.32 Å². The SMILES string of the molecule is CCn1cnnc1CNC(=NC)N1CCC2(CCOC2)C1. The largest absolute Gasteiger partial charge is 0.381 e. The standard InChI is InChI=1S/C14H24N6O/c1-3-19-11-17-18-12(19)8-16-13(15-2)20-6-4-14(9-20)5-7-21-10-14/h11H,3-10H2,1-2H3,(H,15,16). The van der Waals surface area contributed by atoms with E-state index in [4.69, 9.17) is 4.74 Å². The van der Waals surface area contributed by atoms with Gasteiger partial charge in [-0.3, -0.25) is 4.99 Å². The highest BCUT2D eigenvalue weighted by molar-refractivity contribution is 5.80. The van der Waals surface area contributed by atoms with Crippen LogP contribution in [0.5, 0.6) is 0 Å².